The summed E-state index contributed by atoms with van der Waals surface area (Å²) in [4.78, 5) is 4.52. The standard InChI is InChI=1S/C21H23N3O2/c1-25-18-6-2-4-16(12-18)21-13-19(26-24-21)14-23-17-8-7-15-5-3-11-22-20(15)10-9-17/h2-6,11-13,17,23H,7-10,14H2,1H3. The summed E-state index contributed by atoms with van der Waals surface area (Å²) in [6.45, 7) is 0.686. The summed E-state index contributed by atoms with van der Waals surface area (Å²) in [6, 6.07) is 14.5. The lowest BCUT2D eigenvalue weighted by Gasteiger charge is -2.14. The zero-order chi connectivity index (χ0) is 17.8. The number of hydrogen-bond acceptors (Lipinski definition) is 5. The average Bonchev–Trinajstić information content (AvgIpc) is 3.07. The molecule has 4 rings (SSSR count). The molecule has 0 saturated heterocycles. The fraction of sp³-hybridized carbons (Fsp3) is 0.333. The molecule has 2 aromatic heterocycles. The van der Waals surface area contributed by atoms with Gasteiger partial charge in [-0.15, -0.1) is 0 Å². The van der Waals surface area contributed by atoms with Crippen molar-refractivity contribution in [1.82, 2.24) is 15.5 Å². The molecule has 0 saturated carbocycles. The molecule has 5 nitrogen and oxygen atoms in total. The molecule has 1 N–H and O–H groups in total. The molecule has 0 radical (unpaired) electrons. The Balaban J connectivity index is 1.36. The zero-order valence-corrected chi connectivity index (χ0v) is 14.9. The van der Waals surface area contributed by atoms with Crippen LogP contribution in [0.25, 0.3) is 11.3 Å². The molecular weight excluding hydrogens is 326 g/mol. The van der Waals surface area contributed by atoms with Crippen LogP contribution in [0.1, 0.15) is 29.9 Å². The molecular formula is C21H23N3O2. The first-order valence-electron chi connectivity index (χ1n) is 9.08. The van der Waals surface area contributed by atoms with Crippen LogP contribution < -0.4 is 10.1 Å². The van der Waals surface area contributed by atoms with Gasteiger partial charge in [-0.25, -0.2) is 0 Å². The van der Waals surface area contributed by atoms with Crippen molar-refractivity contribution in [3.63, 3.8) is 0 Å². The Hall–Kier alpha value is -2.66. The second-order valence-corrected chi connectivity index (χ2v) is 6.67. The highest BCUT2D eigenvalue weighted by atomic mass is 16.5. The Morgan fingerprint density at radius 2 is 2.08 bits per heavy atom. The van der Waals surface area contributed by atoms with Crippen LogP contribution in [0.5, 0.6) is 5.75 Å². The third-order valence-electron chi connectivity index (χ3n) is 4.97. The number of fused-ring (bicyclic) bond motifs is 1. The van der Waals surface area contributed by atoms with E-state index >= 15 is 0 Å². The van der Waals surface area contributed by atoms with Crippen molar-refractivity contribution >= 4 is 0 Å². The molecule has 1 aliphatic carbocycles. The number of benzene rings is 1. The third-order valence-corrected chi connectivity index (χ3v) is 4.97. The maximum Gasteiger partial charge on any atom is 0.151 e. The Labute approximate surface area is 153 Å². The Kier molecular flexibility index (Phi) is 4.97. The lowest BCUT2D eigenvalue weighted by Crippen LogP contribution is -2.28. The number of hydrogen-bond donors (Lipinski definition) is 1. The monoisotopic (exact) mass is 349 g/mol. The van der Waals surface area contributed by atoms with Crippen molar-refractivity contribution < 1.29 is 9.26 Å². The third kappa shape index (κ3) is 3.78. The van der Waals surface area contributed by atoms with Gasteiger partial charge in [0.25, 0.3) is 0 Å². The molecule has 1 unspecified atom stereocenters. The summed E-state index contributed by atoms with van der Waals surface area (Å²) in [5, 5.41) is 7.81. The van der Waals surface area contributed by atoms with Crippen LogP contribution in [0, 0.1) is 0 Å². The van der Waals surface area contributed by atoms with Crippen LogP contribution in [0.3, 0.4) is 0 Å². The first-order chi connectivity index (χ1) is 12.8. The summed E-state index contributed by atoms with van der Waals surface area (Å²) >= 11 is 0. The van der Waals surface area contributed by atoms with Gasteiger partial charge in [0.1, 0.15) is 11.4 Å². The molecule has 0 bridgehead atoms. The Morgan fingerprint density at radius 3 is 3.00 bits per heavy atom. The molecule has 0 spiro atoms. The second-order valence-electron chi connectivity index (χ2n) is 6.67. The van der Waals surface area contributed by atoms with Gasteiger partial charge in [0.2, 0.25) is 0 Å². The topological polar surface area (TPSA) is 60.2 Å². The molecule has 0 amide bonds. The summed E-state index contributed by atoms with van der Waals surface area (Å²) in [7, 11) is 1.66. The highest BCUT2D eigenvalue weighted by Crippen LogP contribution is 2.24. The molecule has 1 aromatic carbocycles. The van der Waals surface area contributed by atoms with E-state index in [1.807, 2.05) is 42.6 Å². The van der Waals surface area contributed by atoms with Gasteiger partial charge >= 0.3 is 0 Å². The molecule has 2 heterocycles. The molecule has 5 heteroatoms. The van der Waals surface area contributed by atoms with Gasteiger partial charge in [0.05, 0.1) is 13.7 Å². The van der Waals surface area contributed by atoms with E-state index in [4.69, 9.17) is 9.26 Å². The van der Waals surface area contributed by atoms with E-state index in [2.05, 4.69) is 21.5 Å². The summed E-state index contributed by atoms with van der Waals surface area (Å²) < 4.78 is 10.8. The van der Waals surface area contributed by atoms with E-state index in [0.29, 0.717) is 12.6 Å². The number of aryl methyl sites for hydroxylation is 2. The van der Waals surface area contributed by atoms with Crippen molar-refractivity contribution in [2.75, 3.05) is 7.11 Å². The van der Waals surface area contributed by atoms with Gasteiger partial charge < -0.3 is 14.6 Å². The minimum Gasteiger partial charge on any atom is -0.497 e. The number of ether oxygens (including phenoxy) is 1. The van der Waals surface area contributed by atoms with E-state index < -0.39 is 0 Å². The van der Waals surface area contributed by atoms with Crippen LogP contribution >= 0.6 is 0 Å². The number of nitrogens with zero attached hydrogens (tertiary/aromatic N) is 2. The van der Waals surface area contributed by atoms with Crippen LogP contribution in [0.2, 0.25) is 0 Å². The number of aromatic nitrogens is 2. The van der Waals surface area contributed by atoms with Crippen LogP contribution in [-0.4, -0.2) is 23.3 Å². The predicted octanol–water partition coefficient (Wildman–Crippen LogP) is 3.78. The van der Waals surface area contributed by atoms with E-state index in [-0.39, 0.29) is 0 Å². The maximum atomic E-state index is 5.51. The van der Waals surface area contributed by atoms with Crippen LogP contribution in [0.4, 0.5) is 0 Å². The molecule has 3 aromatic rings. The quantitative estimate of drug-likeness (QED) is 0.710. The minimum absolute atomic E-state index is 0.467. The van der Waals surface area contributed by atoms with Crippen molar-refractivity contribution in [2.24, 2.45) is 0 Å². The van der Waals surface area contributed by atoms with Crippen LogP contribution in [0.15, 0.2) is 53.2 Å². The van der Waals surface area contributed by atoms with E-state index in [0.717, 1.165) is 48.5 Å². The van der Waals surface area contributed by atoms with Crippen molar-refractivity contribution in [1.29, 1.82) is 0 Å². The van der Waals surface area contributed by atoms with Crippen molar-refractivity contribution in [3.8, 4) is 17.0 Å². The highest BCUT2D eigenvalue weighted by molar-refractivity contribution is 5.60. The van der Waals surface area contributed by atoms with Gasteiger partial charge in [-0.3, -0.25) is 4.98 Å². The number of rotatable bonds is 5. The Bertz CT molecular complexity index is 848. The average molecular weight is 349 g/mol. The van der Waals surface area contributed by atoms with Gasteiger partial charge in [-0.05, 0) is 49.4 Å². The summed E-state index contributed by atoms with van der Waals surface area (Å²) in [5.74, 6) is 1.67. The van der Waals surface area contributed by atoms with Gasteiger partial charge in [0, 0.05) is 29.6 Å². The highest BCUT2D eigenvalue weighted by Gasteiger charge is 2.17. The second kappa shape index (κ2) is 7.70. The van der Waals surface area contributed by atoms with Gasteiger partial charge in [-0.2, -0.15) is 0 Å². The fourth-order valence-electron chi connectivity index (χ4n) is 3.47. The molecule has 0 aliphatic heterocycles. The first kappa shape index (κ1) is 16.8. The predicted molar refractivity (Wildman–Crippen MR) is 100.0 cm³/mol. The molecule has 1 atom stereocenters. The van der Waals surface area contributed by atoms with Gasteiger partial charge in [-0.1, -0.05) is 23.4 Å². The van der Waals surface area contributed by atoms with Crippen molar-refractivity contribution in [2.45, 2.75) is 38.3 Å². The lowest BCUT2D eigenvalue weighted by molar-refractivity contribution is 0.356. The van der Waals surface area contributed by atoms with Crippen LogP contribution in [-0.2, 0) is 19.4 Å². The van der Waals surface area contributed by atoms with Gasteiger partial charge in [0.15, 0.2) is 5.76 Å². The van der Waals surface area contributed by atoms with E-state index in [1.54, 1.807) is 7.11 Å². The summed E-state index contributed by atoms with van der Waals surface area (Å²) in [5.41, 5.74) is 4.46. The first-order valence-corrected chi connectivity index (χ1v) is 9.08. The smallest absolute Gasteiger partial charge is 0.151 e. The lowest BCUT2D eigenvalue weighted by atomic mass is 10.1. The summed E-state index contributed by atoms with van der Waals surface area (Å²) in [6.07, 6.45) is 6.21. The molecule has 26 heavy (non-hydrogen) atoms. The number of methoxy groups -OCH3 is 1. The minimum atomic E-state index is 0.467. The molecule has 1 aliphatic rings. The van der Waals surface area contributed by atoms with Crippen molar-refractivity contribution in [3.05, 3.63) is 65.7 Å². The maximum absolute atomic E-state index is 5.51. The molecule has 0 fully saturated rings. The number of pyridine rings is 1. The zero-order valence-electron chi connectivity index (χ0n) is 14.9. The van der Waals surface area contributed by atoms with E-state index in [1.165, 1.54) is 11.3 Å². The Morgan fingerprint density at radius 1 is 1.15 bits per heavy atom. The largest absolute Gasteiger partial charge is 0.497 e. The SMILES string of the molecule is COc1cccc(-c2cc(CNC3CCc4cccnc4CC3)on2)c1. The fourth-order valence-corrected chi connectivity index (χ4v) is 3.47. The van der Waals surface area contributed by atoms with E-state index in [9.17, 15) is 0 Å². The normalized spacial score (nSPS) is 16.7. The molecule has 134 valence electrons. The number of nitrogens with one attached hydrogen (secondary N) is 1.